The Hall–Kier alpha value is -0.830. The van der Waals surface area contributed by atoms with Crippen LogP contribution in [0.5, 0.6) is 0 Å². The third-order valence-corrected chi connectivity index (χ3v) is 3.21. The van der Waals surface area contributed by atoms with Crippen LogP contribution in [0.25, 0.3) is 0 Å². The van der Waals surface area contributed by atoms with Gasteiger partial charge in [0.2, 0.25) is 0 Å². The molecule has 0 fully saturated rings. The van der Waals surface area contributed by atoms with E-state index in [1.165, 1.54) is 19.3 Å². The molecule has 18 heavy (non-hydrogen) atoms. The normalized spacial score (nSPS) is 14.0. The second kappa shape index (κ2) is 10.1. The molecule has 0 aliphatic carbocycles. The number of unbranched alkanes of at least 4 members (excludes halogenated alkanes) is 1. The van der Waals surface area contributed by atoms with Gasteiger partial charge >= 0.3 is 5.97 Å². The SMILES string of the molecule is C=C(C)C(=O)OCC(O)CCC(CC)CCCC. The number of aliphatic hydroxyl groups excluding tert-OH is 1. The van der Waals surface area contributed by atoms with Crippen molar-refractivity contribution in [2.45, 2.75) is 65.4 Å². The van der Waals surface area contributed by atoms with E-state index in [0.29, 0.717) is 17.9 Å². The maximum absolute atomic E-state index is 11.2. The van der Waals surface area contributed by atoms with Crippen LogP contribution in [0.3, 0.4) is 0 Å². The number of carbonyl (C=O) groups is 1. The molecule has 2 atom stereocenters. The summed E-state index contributed by atoms with van der Waals surface area (Å²) in [6.45, 7) is 9.56. The molecule has 0 amide bonds. The largest absolute Gasteiger partial charge is 0.460 e. The lowest BCUT2D eigenvalue weighted by Crippen LogP contribution is -2.19. The number of esters is 1. The summed E-state index contributed by atoms with van der Waals surface area (Å²) in [4.78, 5) is 11.2. The molecule has 0 bridgehead atoms. The number of hydrogen-bond acceptors (Lipinski definition) is 3. The van der Waals surface area contributed by atoms with Gasteiger partial charge in [-0.05, 0) is 25.7 Å². The van der Waals surface area contributed by atoms with Gasteiger partial charge in [-0.2, -0.15) is 0 Å². The Morgan fingerprint density at radius 3 is 2.44 bits per heavy atom. The quantitative estimate of drug-likeness (QED) is 0.481. The molecule has 0 spiro atoms. The van der Waals surface area contributed by atoms with E-state index in [9.17, 15) is 9.90 Å². The third-order valence-electron chi connectivity index (χ3n) is 3.21. The van der Waals surface area contributed by atoms with Gasteiger partial charge in [0.05, 0.1) is 6.10 Å². The van der Waals surface area contributed by atoms with Gasteiger partial charge in [0.25, 0.3) is 0 Å². The molecule has 1 N–H and O–H groups in total. The van der Waals surface area contributed by atoms with Crippen molar-refractivity contribution in [3.8, 4) is 0 Å². The predicted octanol–water partition coefficient (Wildman–Crippen LogP) is 3.46. The molecule has 0 heterocycles. The molecule has 0 saturated heterocycles. The zero-order chi connectivity index (χ0) is 14.0. The molecule has 0 aliphatic heterocycles. The molecule has 2 unspecified atom stereocenters. The zero-order valence-electron chi connectivity index (χ0n) is 12.1. The summed E-state index contributed by atoms with van der Waals surface area (Å²) in [7, 11) is 0. The van der Waals surface area contributed by atoms with E-state index in [0.717, 1.165) is 12.8 Å². The van der Waals surface area contributed by atoms with Crippen LogP contribution in [0.15, 0.2) is 12.2 Å². The molecular weight excluding hydrogens is 228 g/mol. The molecule has 0 saturated carbocycles. The first-order valence-electron chi connectivity index (χ1n) is 7.01. The van der Waals surface area contributed by atoms with Gasteiger partial charge in [-0.15, -0.1) is 0 Å². The van der Waals surface area contributed by atoms with Crippen molar-refractivity contribution in [3.63, 3.8) is 0 Å². The van der Waals surface area contributed by atoms with Crippen LogP contribution in [0.2, 0.25) is 0 Å². The number of rotatable bonds is 10. The summed E-state index contributed by atoms with van der Waals surface area (Å²) in [6, 6.07) is 0. The summed E-state index contributed by atoms with van der Waals surface area (Å²) < 4.78 is 4.92. The van der Waals surface area contributed by atoms with Gasteiger partial charge in [0.15, 0.2) is 0 Å². The van der Waals surface area contributed by atoms with Gasteiger partial charge in [-0.3, -0.25) is 0 Å². The number of aliphatic hydroxyl groups is 1. The number of hydrogen-bond donors (Lipinski definition) is 1. The van der Waals surface area contributed by atoms with Gasteiger partial charge < -0.3 is 9.84 Å². The molecule has 0 radical (unpaired) electrons. The van der Waals surface area contributed by atoms with Crippen LogP contribution in [0, 0.1) is 5.92 Å². The smallest absolute Gasteiger partial charge is 0.333 e. The van der Waals surface area contributed by atoms with E-state index in [2.05, 4.69) is 20.4 Å². The van der Waals surface area contributed by atoms with E-state index in [-0.39, 0.29) is 6.61 Å². The molecule has 0 aromatic carbocycles. The molecule has 3 heteroatoms. The van der Waals surface area contributed by atoms with E-state index in [4.69, 9.17) is 4.74 Å². The predicted molar refractivity (Wildman–Crippen MR) is 74.3 cm³/mol. The van der Waals surface area contributed by atoms with E-state index in [1.807, 2.05) is 0 Å². The van der Waals surface area contributed by atoms with Crippen LogP contribution >= 0.6 is 0 Å². The topological polar surface area (TPSA) is 46.5 Å². The summed E-state index contributed by atoms with van der Waals surface area (Å²) in [5.41, 5.74) is 0.372. The Bertz CT molecular complexity index is 248. The average Bonchev–Trinajstić information content (AvgIpc) is 2.35. The Balaban J connectivity index is 3.76. The van der Waals surface area contributed by atoms with Crippen molar-refractivity contribution in [2.75, 3.05) is 6.61 Å². The minimum Gasteiger partial charge on any atom is -0.460 e. The number of ether oxygens (including phenoxy) is 1. The van der Waals surface area contributed by atoms with Crippen molar-refractivity contribution in [3.05, 3.63) is 12.2 Å². The Kier molecular flexibility index (Phi) is 9.66. The van der Waals surface area contributed by atoms with Crippen LogP contribution in [-0.4, -0.2) is 23.8 Å². The average molecular weight is 256 g/mol. The summed E-state index contributed by atoms with van der Waals surface area (Å²) in [5, 5.41) is 9.74. The van der Waals surface area contributed by atoms with E-state index < -0.39 is 12.1 Å². The molecule has 3 nitrogen and oxygen atoms in total. The molecule has 0 aromatic heterocycles. The minimum atomic E-state index is -0.552. The highest BCUT2D eigenvalue weighted by Gasteiger charge is 2.12. The second-order valence-corrected chi connectivity index (χ2v) is 5.03. The van der Waals surface area contributed by atoms with E-state index in [1.54, 1.807) is 6.92 Å². The monoisotopic (exact) mass is 256 g/mol. The lowest BCUT2D eigenvalue weighted by Gasteiger charge is -2.17. The maximum Gasteiger partial charge on any atom is 0.333 e. The lowest BCUT2D eigenvalue weighted by atomic mass is 9.93. The van der Waals surface area contributed by atoms with Crippen LogP contribution < -0.4 is 0 Å². The van der Waals surface area contributed by atoms with Crippen molar-refractivity contribution in [2.24, 2.45) is 5.92 Å². The molecule has 0 aromatic rings. The second-order valence-electron chi connectivity index (χ2n) is 5.03. The molecule has 106 valence electrons. The summed E-state index contributed by atoms with van der Waals surface area (Å²) in [5.74, 6) is 0.253. The van der Waals surface area contributed by atoms with Gasteiger partial charge in [-0.1, -0.05) is 46.1 Å². The standard InChI is InChI=1S/C15H28O3/c1-5-7-8-13(6-2)9-10-14(16)11-18-15(17)12(3)4/h13-14,16H,3,5-11H2,1-2,4H3. The third kappa shape index (κ3) is 8.29. The van der Waals surface area contributed by atoms with E-state index >= 15 is 0 Å². The molecule has 0 rings (SSSR count). The highest BCUT2D eigenvalue weighted by atomic mass is 16.5. The Morgan fingerprint density at radius 1 is 1.28 bits per heavy atom. The lowest BCUT2D eigenvalue weighted by molar-refractivity contribution is -0.142. The zero-order valence-corrected chi connectivity index (χ0v) is 12.1. The number of carbonyl (C=O) groups excluding carboxylic acids is 1. The first-order chi connectivity index (χ1) is 8.51. The summed E-state index contributed by atoms with van der Waals surface area (Å²) in [6.07, 6.45) is 6.00. The van der Waals surface area contributed by atoms with Crippen LogP contribution in [0.4, 0.5) is 0 Å². The van der Waals surface area contributed by atoms with Gasteiger partial charge in [0.1, 0.15) is 6.61 Å². The maximum atomic E-state index is 11.2. The van der Waals surface area contributed by atoms with Crippen molar-refractivity contribution >= 4 is 5.97 Å². The van der Waals surface area contributed by atoms with Crippen LogP contribution in [0.1, 0.15) is 59.3 Å². The first kappa shape index (κ1) is 17.2. The fourth-order valence-electron chi connectivity index (χ4n) is 1.85. The Labute approximate surface area is 111 Å². The fraction of sp³-hybridized carbons (Fsp3) is 0.800. The molecule has 0 aliphatic rings. The fourth-order valence-corrected chi connectivity index (χ4v) is 1.85. The molecular formula is C15H28O3. The van der Waals surface area contributed by atoms with Crippen molar-refractivity contribution in [1.82, 2.24) is 0 Å². The summed E-state index contributed by atoms with van der Waals surface area (Å²) >= 11 is 0. The highest BCUT2D eigenvalue weighted by molar-refractivity contribution is 5.86. The van der Waals surface area contributed by atoms with Crippen LogP contribution in [-0.2, 0) is 9.53 Å². The van der Waals surface area contributed by atoms with Gasteiger partial charge in [0, 0.05) is 5.57 Å². The highest BCUT2D eigenvalue weighted by Crippen LogP contribution is 2.19. The van der Waals surface area contributed by atoms with Gasteiger partial charge in [-0.25, -0.2) is 4.79 Å². The first-order valence-corrected chi connectivity index (χ1v) is 7.01. The van der Waals surface area contributed by atoms with Crippen molar-refractivity contribution in [1.29, 1.82) is 0 Å². The van der Waals surface area contributed by atoms with Crippen molar-refractivity contribution < 1.29 is 14.6 Å². The minimum absolute atomic E-state index is 0.0793. The Morgan fingerprint density at radius 2 is 1.94 bits per heavy atom.